The zero-order valence-electron chi connectivity index (χ0n) is 8.79. The molecular weight excluding hydrogens is 178 g/mol. The molecule has 0 spiro atoms. The predicted molar refractivity (Wildman–Crippen MR) is 60.3 cm³/mol. The van der Waals surface area contributed by atoms with Crippen LogP contribution >= 0.6 is 0 Å². The number of amidine groups is 1. The van der Waals surface area contributed by atoms with Gasteiger partial charge in [0.25, 0.3) is 0 Å². The molecule has 0 radical (unpaired) electrons. The van der Waals surface area contributed by atoms with Crippen LogP contribution in [-0.4, -0.2) is 17.8 Å². The normalized spacial score (nSPS) is 12.1. The molecule has 0 amide bonds. The van der Waals surface area contributed by atoms with E-state index in [1.54, 1.807) is 0 Å². The summed E-state index contributed by atoms with van der Waals surface area (Å²) >= 11 is 0. The maximum Gasteiger partial charge on any atom is 0.186 e. The van der Waals surface area contributed by atoms with Crippen molar-refractivity contribution >= 4 is 11.8 Å². The van der Waals surface area contributed by atoms with Gasteiger partial charge in [-0.3, -0.25) is 5.41 Å². The van der Waals surface area contributed by atoms with Gasteiger partial charge in [-0.1, -0.05) is 32.6 Å². The lowest BCUT2D eigenvalue weighted by atomic mass is 10.1. The molecule has 7 N–H and O–H groups in total. The predicted octanol–water partition coefficient (Wildman–Crippen LogP) is 0.535. The first-order chi connectivity index (χ1) is 6.57. The van der Waals surface area contributed by atoms with Crippen molar-refractivity contribution in [2.45, 2.75) is 45.1 Å². The molecule has 5 nitrogen and oxygen atoms in total. The lowest BCUT2D eigenvalue weighted by Gasteiger charge is -2.10. The second-order valence-corrected chi connectivity index (χ2v) is 3.37. The van der Waals surface area contributed by atoms with Gasteiger partial charge in [-0.25, -0.2) is 4.99 Å². The van der Waals surface area contributed by atoms with Gasteiger partial charge in [-0.15, -0.1) is 0 Å². The van der Waals surface area contributed by atoms with Crippen LogP contribution in [0.2, 0.25) is 0 Å². The topological polar surface area (TPSA) is 114 Å². The molecule has 0 aromatic carbocycles. The van der Waals surface area contributed by atoms with Crippen LogP contribution in [0.3, 0.4) is 0 Å². The van der Waals surface area contributed by atoms with E-state index in [0.29, 0.717) is 0 Å². The Balaban J connectivity index is 3.87. The largest absolute Gasteiger partial charge is 0.386 e. The summed E-state index contributed by atoms with van der Waals surface area (Å²) in [7, 11) is 0. The molecule has 0 aliphatic heterocycles. The number of aliphatic imine (C=N–C) groups is 1. The van der Waals surface area contributed by atoms with E-state index in [9.17, 15) is 0 Å². The number of unbranched alkanes of at least 4 members (excludes halogenated alkanes) is 3. The molecule has 0 aliphatic rings. The molecule has 82 valence electrons. The van der Waals surface area contributed by atoms with Crippen molar-refractivity contribution in [2.24, 2.45) is 22.2 Å². The third-order valence-electron chi connectivity index (χ3n) is 2.00. The molecule has 0 bridgehead atoms. The number of rotatable bonds is 7. The van der Waals surface area contributed by atoms with Gasteiger partial charge in [0.15, 0.2) is 5.96 Å². The summed E-state index contributed by atoms with van der Waals surface area (Å²) in [6, 6.07) is -0.336. The Kier molecular flexibility index (Phi) is 6.53. The summed E-state index contributed by atoms with van der Waals surface area (Å²) in [5.74, 6) is 0.0376. The molecular formula is C9H21N5. The fraction of sp³-hybridized carbons (Fsp3) is 0.778. The summed E-state index contributed by atoms with van der Waals surface area (Å²) in [5.41, 5.74) is 15.8. The molecule has 0 aliphatic carbocycles. The van der Waals surface area contributed by atoms with Gasteiger partial charge in [0.05, 0.1) is 0 Å². The molecule has 0 saturated carbocycles. The van der Waals surface area contributed by atoms with Crippen molar-refractivity contribution < 1.29 is 0 Å². The Morgan fingerprint density at radius 2 is 1.86 bits per heavy atom. The fourth-order valence-corrected chi connectivity index (χ4v) is 1.23. The average molecular weight is 199 g/mol. The average Bonchev–Trinajstić information content (AvgIpc) is 2.09. The quantitative estimate of drug-likeness (QED) is 0.272. The van der Waals surface area contributed by atoms with Gasteiger partial charge < -0.3 is 17.2 Å². The third kappa shape index (κ3) is 6.28. The fourth-order valence-electron chi connectivity index (χ4n) is 1.23. The number of hydrogen-bond acceptors (Lipinski definition) is 2. The maximum atomic E-state index is 7.28. The van der Waals surface area contributed by atoms with Crippen molar-refractivity contribution in [3.63, 3.8) is 0 Å². The highest BCUT2D eigenvalue weighted by Crippen LogP contribution is 2.07. The van der Waals surface area contributed by atoms with Crippen LogP contribution in [0, 0.1) is 5.41 Å². The van der Waals surface area contributed by atoms with Crippen LogP contribution in [-0.2, 0) is 0 Å². The third-order valence-corrected chi connectivity index (χ3v) is 2.00. The molecule has 5 heteroatoms. The monoisotopic (exact) mass is 199 g/mol. The summed E-state index contributed by atoms with van der Waals surface area (Å²) < 4.78 is 0. The van der Waals surface area contributed by atoms with E-state index in [-0.39, 0.29) is 17.8 Å². The summed E-state index contributed by atoms with van der Waals surface area (Å²) in [5, 5.41) is 7.28. The molecule has 0 fully saturated rings. The first-order valence-corrected chi connectivity index (χ1v) is 5.00. The van der Waals surface area contributed by atoms with Crippen molar-refractivity contribution in [2.75, 3.05) is 0 Å². The number of hydrogen-bond donors (Lipinski definition) is 4. The minimum absolute atomic E-state index is 0.000640. The van der Waals surface area contributed by atoms with Gasteiger partial charge >= 0.3 is 0 Å². The van der Waals surface area contributed by atoms with Gasteiger partial charge in [0, 0.05) is 0 Å². The Morgan fingerprint density at radius 3 is 2.29 bits per heavy atom. The van der Waals surface area contributed by atoms with Gasteiger partial charge in [-0.05, 0) is 6.42 Å². The van der Waals surface area contributed by atoms with E-state index < -0.39 is 0 Å². The van der Waals surface area contributed by atoms with Crippen LogP contribution in [0.1, 0.15) is 39.0 Å². The molecule has 0 heterocycles. The first kappa shape index (κ1) is 12.7. The molecule has 1 unspecified atom stereocenters. The first-order valence-electron chi connectivity index (χ1n) is 5.00. The SMILES string of the molecule is CCCCCCC(N=C(N)N)C(=N)N. The van der Waals surface area contributed by atoms with E-state index in [2.05, 4.69) is 11.9 Å². The highest BCUT2D eigenvalue weighted by atomic mass is 15.0. The lowest BCUT2D eigenvalue weighted by molar-refractivity contribution is 0.609. The highest BCUT2D eigenvalue weighted by Gasteiger charge is 2.09. The molecule has 0 rings (SSSR count). The van der Waals surface area contributed by atoms with Crippen molar-refractivity contribution in [1.82, 2.24) is 0 Å². The smallest absolute Gasteiger partial charge is 0.186 e. The number of nitrogens with zero attached hydrogens (tertiary/aromatic N) is 1. The minimum atomic E-state index is -0.336. The Bertz CT molecular complexity index is 195. The maximum absolute atomic E-state index is 7.28. The van der Waals surface area contributed by atoms with Crippen molar-refractivity contribution in [3.8, 4) is 0 Å². The van der Waals surface area contributed by atoms with Crippen LogP contribution in [0.5, 0.6) is 0 Å². The molecule has 1 atom stereocenters. The van der Waals surface area contributed by atoms with Gasteiger partial charge in [-0.2, -0.15) is 0 Å². The summed E-state index contributed by atoms with van der Waals surface area (Å²) in [6.07, 6.45) is 5.29. The van der Waals surface area contributed by atoms with Crippen LogP contribution in [0.25, 0.3) is 0 Å². The standard InChI is InChI=1S/C9H21N5/c1-2-3-4-5-6-7(8(10)11)14-9(12)13/h7H,2-6H2,1H3,(H3,10,11)(H4,12,13,14). The zero-order chi connectivity index (χ0) is 11.0. The Hall–Kier alpha value is -1.26. The summed E-state index contributed by atoms with van der Waals surface area (Å²) in [4.78, 5) is 3.90. The number of nitrogens with one attached hydrogen (secondary N) is 1. The number of guanidine groups is 1. The van der Waals surface area contributed by atoms with E-state index in [1.165, 1.54) is 12.8 Å². The highest BCUT2D eigenvalue weighted by molar-refractivity contribution is 5.86. The van der Waals surface area contributed by atoms with Gasteiger partial charge in [0.2, 0.25) is 0 Å². The van der Waals surface area contributed by atoms with Crippen molar-refractivity contribution in [1.29, 1.82) is 5.41 Å². The second-order valence-electron chi connectivity index (χ2n) is 3.37. The molecule has 0 aromatic heterocycles. The zero-order valence-corrected chi connectivity index (χ0v) is 8.79. The Labute approximate surface area is 85.3 Å². The molecule has 0 aromatic rings. The number of nitrogens with two attached hydrogens (primary N) is 3. The van der Waals surface area contributed by atoms with Crippen LogP contribution < -0.4 is 17.2 Å². The molecule has 14 heavy (non-hydrogen) atoms. The lowest BCUT2D eigenvalue weighted by Crippen LogP contribution is -2.32. The van der Waals surface area contributed by atoms with E-state index in [0.717, 1.165) is 19.3 Å². The second kappa shape index (κ2) is 7.17. The van der Waals surface area contributed by atoms with Crippen LogP contribution in [0.4, 0.5) is 0 Å². The van der Waals surface area contributed by atoms with Crippen LogP contribution in [0.15, 0.2) is 4.99 Å². The van der Waals surface area contributed by atoms with E-state index in [4.69, 9.17) is 22.6 Å². The minimum Gasteiger partial charge on any atom is -0.386 e. The van der Waals surface area contributed by atoms with E-state index in [1.807, 2.05) is 0 Å². The molecule has 0 saturated heterocycles. The van der Waals surface area contributed by atoms with E-state index >= 15 is 0 Å². The van der Waals surface area contributed by atoms with Crippen molar-refractivity contribution in [3.05, 3.63) is 0 Å². The van der Waals surface area contributed by atoms with Gasteiger partial charge in [0.1, 0.15) is 11.9 Å². The Morgan fingerprint density at radius 1 is 1.21 bits per heavy atom. The summed E-state index contributed by atoms with van der Waals surface area (Å²) in [6.45, 7) is 2.15.